The highest BCUT2D eigenvalue weighted by Gasteiger charge is 2.33. The smallest absolute Gasteiger partial charge is 0.280 e. The number of rotatable bonds is 2. The van der Waals surface area contributed by atoms with Crippen LogP contribution < -0.4 is 11.2 Å². The number of fused-ring (bicyclic) bond motifs is 1. The van der Waals surface area contributed by atoms with E-state index in [-0.39, 0.29) is 17.6 Å². The summed E-state index contributed by atoms with van der Waals surface area (Å²) in [4.78, 5) is 28.5. The van der Waals surface area contributed by atoms with E-state index in [0.717, 1.165) is 25.7 Å². The van der Waals surface area contributed by atoms with Crippen molar-refractivity contribution in [3.8, 4) is 0 Å². The average molecular weight is 414 g/mol. The Morgan fingerprint density at radius 3 is 2.52 bits per heavy atom. The van der Waals surface area contributed by atoms with Crippen molar-refractivity contribution in [1.29, 1.82) is 0 Å². The molecule has 0 saturated carbocycles. The predicted molar refractivity (Wildman–Crippen MR) is 89.5 cm³/mol. The third-order valence-corrected chi connectivity index (χ3v) is 4.20. The first-order chi connectivity index (χ1) is 11.7. The molecule has 9 heteroatoms. The molecule has 130 valence electrons. The number of aryl methyl sites for hydroxylation is 1. The van der Waals surface area contributed by atoms with Crippen LogP contribution in [0.5, 0.6) is 0 Å². The van der Waals surface area contributed by atoms with Gasteiger partial charge in [-0.15, -0.1) is 0 Å². The summed E-state index contributed by atoms with van der Waals surface area (Å²) >= 11 is 3.31. The molecule has 0 bridgehead atoms. The third kappa shape index (κ3) is 3.23. The zero-order valence-electron chi connectivity index (χ0n) is 12.8. The lowest BCUT2D eigenvalue weighted by molar-refractivity contribution is -0.141. The number of hydrogen-bond donors (Lipinski definition) is 0. The molecule has 0 amide bonds. The van der Waals surface area contributed by atoms with Gasteiger partial charge in [-0.05, 0) is 29.8 Å². The molecule has 0 saturated heterocycles. The molecule has 25 heavy (non-hydrogen) atoms. The Bertz CT molecular complexity index is 1090. The zero-order chi connectivity index (χ0) is 18.4. The third-order valence-electron chi connectivity index (χ3n) is 3.71. The minimum atomic E-state index is -4.66. The lowest BCUT2D eigenvalue weighted by Crippen LogP contribution is -2.39. The van der Waals surface area contributed by atoms with E-state index in [1.54, 1.807) is 24.3 Å². The molecule has 2 aromatic heterocycles. The van der Waals surface area contributed by atoms with E-state index >= 15 is 0 Å². The summed E-state index contributed by atoms with van der Waals surface area (Å²) in [7, 11) is 1.29. The Labute approximate surface area is 147 Å². The first-order valence-electron chi connectivity index (χ1n) is 7.10. The van der Waals surface area contributed by atoms with Crippen molar-refractivity contribution in [3.63, 3.8) is 0 Å². The van der Waals surface area contributed by atoms with E-state index in [9.17, 15) is 22.8 Å². The Hall–Kier alpha value is -2.42. The molecule has 0 aliphatic carbocycles. The highest BCUT2D eigenvalue weighted by molar-refractivity contribution is 9.10. The van der Waals surface area contributed by atoms with Crippen LogP contribution in [0.3, 0.4) is 0 Å². The van der Waals surface area contributed by atoms with Crippen molar-refractivity contribution in [2.24, 2.45) is 7.05 Å². The van der Waals surface area contributed by atoms with Crippen molar-refractivity contribution < 1.29 is 13.2 Å². The molecule has 0 radical (unpaired) electrons. The van der Waals surface area contributed by atoms with E-state index in [2.05, 4.69) is 20.9 Å². The van der Waals surface area contributed by atoms with Gasteiger partial charge in [-0.2, -0.15) is 13.2 Å². The number of alkyl halides is 3. The molecule has 0 aliphatic heterocycles. The summed E-state index contributed by atoms with van der Waals surface area (Å²) < 4.78 is 41.2. The van der Waals surface area contributed by atoms with E-state index in [1.165, 1.54) is 7.05 Å². The van der Waals surface area contributed by atoms with Crippen LogP contribution in [0.2, 0.25) is 0 Å². The van der Waals surface area contributed by atoms with Gasteiger partial charge in [0.2, 0.25) is 0 Å². The maximum absolute atomic E-state index is 12.8. The quantitative estimate of drug-likeness (QED) is 0.648. The van der Waals surface area contributed by atoms with Crippen LogP contribution in [0.25, 0.3) is 11.0 Å². The number of nitrogens with zero attached hydrogens (tertiary/aromatic N) is 3. The van der Waals surface area contributed by atoms with E-state index in [0.29, 0.717) is 5.56 Å². The van der Waals surface area contributed by atoms with E-state index < -0.39 is 23.1 Å². The van der Waals surface area contributed by atoms with Gasteiger partial charge in [-0.25, -0.2) is 9.78 Å². The van der Waals surface area contributed by atoms with Crippen molar-refractivity contribution in [2.75, 3.05) is 0 Å². The van der Waals surface area contributed by atoms with Gasteiger partial charge in [0.1, 0.15) is 11.3 Å². The monoisotopic (exact) mass is 413 g/mol. The molecule has 0 spiro atoms. The fraction of sp³-hybridized carbons (Fsp3) is 0.188. The largest absolute Gasteiger partial charge is 0.433 e. The van der Waals surface area contributed by atoms with E-state index in [4.69, 9.17) is 0 Å². The molecule has 5 nitrogen and oxygen atoms in total. The minimum Gasteiger partial charge on any atom is -0.280 e. The molecule has 2 heterocycles. The number of benzene rings is 1. The Balaban J connectivity index is 2.22. The maximum Gasteiger partial charge on any atom is 0.433 e. The number of halogens is 4. The van der Waals surface area contributed by atoms with Crippen LogP contribution in [-0.2, 0) is 19.8 Å². The molecule has 0 aliphatic rings. The molecule has 3 rings (SSSR count). The molecule has 0 unspecified atom stereocenters. The second-order valence-corrected chi connectivity index (χ2v) is 6.34. The van der Waals surface area contributed by atoms with Crippen molar-refractivity contribution >= 4 is 27.0 Å². The summed E-state index contributed by atoms with van der Waals surface area (Å²) in [5.41, 5.74) is -2.16. The Morgan fingerprint density at radius 1 is 1.16 bits per heavy atom. The number of pyridine rings is 1. The fourth-order valence-corrected chi connectivity index (χ4v) is 2.94. The van der Waals surface area contributed by atoms with Gasteiger partial charge in [0.15, 0.2) is 0 Å². The van der Waals surface area contributed by atoms with Crippen LogP contribution in [0, 0.1) is 0 Å². The van der Waals surface area contributed by atoms with Crippen molar-refractivity contribution in [3.05, 3.63) is 73.0 Å². The van der Waals surface area contributed by atoms with Gasteiger partial charge in [-0.1, -0.05) is 28.1 Å². The summed E-state index contributed by atoms with van der Waals surface area (Å²) in [6, 6.07) is 8.83. The van der Waals surface area contributed by atoms with Gasteiger partial charge in [-0.3, -0.25) is 13.9 Å². The molecule has 0 atom stereocenters. The van der Waals surface area contributed by atoms with Crippen LogP contribution in [-0.4, -0.2) is 14.1 Å². The number of hydrogen-bond acceptors (Lipinski definition) is 3. The highest BCUT2D eigenvalue weighted by Crippen LogP contribution is 2.28. The lowest BCUT2D eigenvalue weighted by atomic mass is 10.2. The predicted octanol–water partition coefficient (Wildman–Crippen LogP) is 2.92. The number of aromatic nitrogens is 3. The normalized spacial score (nSPS) is 11.9. The summed E-state index contributed by atoms with van der Waals surface area (Å²) in [5.74, 6) is 0. The van der Waals surface area contributed by atoms with Gasteiger partial charge in [0, 0.05) is 11.5 Å². The molecule has 0 N–H and O–H groups in total. The van der Waals surface area contributed by atoms with Gasteiger partial charge >= 0.3 is 11.9 Å². The lowest BCUT2D eigenvalue weighted by Gasteiger charge is -2.12. The van der Waals surface area contributed by atoms with Crippen molar-refractivity contribution in [1.82, 2.24) is 14.1 Å². The second-order valence-electron chi connectivity index (χ2n) is 5.43. The first kappa shape index (κ1) is 17.4. The van der Waals surface area contributed by atoms with E-state index in [1.807, 2.05) is 0 Å². The Morgan fingerprint density at radius 2 is 1.88 bits per heavy atom. The molecular formula is C16H11BrF3N3O2. The summed E-state index contributed by atoms with van der Waals surface area (Å²) in [5, 5.41) is -0.0508. The summed E-state index contributed by atoms with van der Waals surface area (Å²) in [6.45, 7) is 0.00189. The van der Waals surface area contributed by atoms with Crippen LogP contribution in [0.4, 0.5) is 13.2 Å². The van der Waals surface area contributed by atoms with Crippen LogP contribution in [0.1, 0.15) is 11.3 Å². The van der Waals surface area contributed by atoms with Crippen LogP contribution in [0.15, 0.2) is 50.5 Å². The standard InChI is InChI=1S/C16H11BrF3N3O2/c1-22-13-11(5-6-12(21-13)16(18,19)20)14(24)23(15(22)25)8-9-3-2-4-10(17)7-9/h2-7H,8H2,1H3. The van der Waals surface area contributed by atoms with Crippen LogP contribution >= 0.6 is 15.9 Å². The molecule has 0 fully saturated rings. The van der Waals surface area contributed by atoms with Crippen molar-refractivity contribution in [2.45, 2.75) is 12.7 Å². The topological polar surface area (TPSA) is 56.9 Å². The average Bonchev–Trinajstić information content (AvgIpc) is 2.55. The minimum absolute atomic E-state index is 0.00189. The first-order valence-corrected chi connectivity index (χ1v) is 7.90. The maximum atomic E-state index is 12.8. The highest BCUT2D eigenvalue weighted by atomic mass is 79.9. The van der Waals surface area contributed by atoms with Gasteiger partial charge < -0.3 is 0 Å². The molecular weight excluding hydrogens is 403 g/mol. The molecule has 3 aromatic rings. The Kier molecular flexibility index (Phi) is 4.28. The second kappa shape index (κ2) is 6.14. The fourth-order valence-electron chi connectivity index (χ4n) is 2.49. The van der Waals surface area contributed by atoms with Gasteiger partial charge in [0.25, 0.3) is 5.56 Å². The van der Waals surface area contributed by atoms with Gasteiger partial charge in [0.05, 0.1) is 11.9 Å². The summed E-state index contributed by atoms with van der Waals surface area (Å²) in [6.07, 6.45) is -4.66. The molecule has 1 aromatic carbocycles. The SMILES string of the molecule is Cn1c(=O)n(Cc2cccc(Br)c2)c(=O)c2ccc(C(F)(F)F)nc21. The zero-order valence-corrected chi connectivity index (χ0v) is 14.4.